The van der Waals surface area contributed by atoms with Crippen LogP contribution in [-0.4, -0.2) is 96.7 Å². The molecule has 528 valence electrons. The summed E-state index contributed by atoms with van der Waals surface area (Å²) in [7, 11) is -9.90. The van der Waals surface area contributed by atoms with Gasteiger partial charge in [-0.3, -0.25) is 37.3 Å². The lowest BCUT2D eigenvalue weighted by Crippen LogP contribution is -2.30. The fraction of sp³-hybridized carbons (Fsp3) is 0.943. The second-order valence-corrected chi connectivity index (χ2v) is 29.1. The van der Waals surface area contributed by atoms with Crippen LogP contribution in [0.25, 0.3) is 0 Å². The summed E-state index contributed by atoms with van der Waals surface area (Å²) >= 11 is 0. The SMILES string of the molecule is CCCCCCCCCC(=O)OC[C@H](COP(=O)(O)OC[C@H](O)COP(=O)(O)OC[C@@H](COC(=O)CCCCCCCCCCCCC(C)CC)OC(=O)CCCCCCCCCCCCCCCC(C)C)OC(=O)CCCCCCCCCCC(C)CC. The number of hydrogen-bond donors (Lipinski definition) is 3. The van der Waals surface area contributed by atoms with E-state index in [4.69, 9.17) is 37.0 Å². The van der Waals surface area contributed by atoms with Crippen LogP contribution in [0.1, 0.15) is 350 Å². The molecular formula is C70H136O17P2. The Morgan fingerprint density at radius 1 is 0.326 bits per heavy atom. The average Bonchev–Trinajstić information content (AvgIpc) is 3.59. The van der Waals surface area contributed by atoms with Crippen molar-refractivity contribution in [1.29, 1.82) is 0 Å². The highest BCUT2D eigenvalue weighted by Crippen LogP contribution is 2.45. The van der Waals surface area contributed by atoms with Crippen molar-refractivity contribution >= 4 is 39.5 Å². The molecule has 0 aromatic carbocycles. The number of aliphatic hydroxyl groups excluding tert-OH is 1. The van der Waals surface area contributed by atoms with Crippen molar-refractivity contribution in [2.75, 3.05) is 39.6 Å². The van der Waals surface area contributed by atoms with Crippen LogP contribution < -0.4 is 0 Å². The van der Waals surface area contributed by atoms with E-state index in [-0.39, 0.29) is 25.7 Å². The van der Waals surface area contributed by atoms with Gasteiger partial charge in [-0.25, -0.2) is 9.13 Å². The Balaban J connectivity index is 5.23. The highest BCUT2D eigenvalue weighted by molar-refractivity contribution is 7.47. The van der Waals surface area contributed by atoms with Crippen LogP contribution in [0.3, 0.4) is 0 Å². The lowest BCUT2D eigenvalue weighted by molar-refractivity contribution is -0.161. The molecule has 0 rings (SSSR count). The number of carbonyl (C=O) groups excluding carboxylic acids is 4. The molecule has 0 saturated carbocycles. The third-order valence-corrected chi connectivity index (χ3v) is 18.8. The summed E-state index contributed by atoms with van der Waals surface area (Å²) < 4.78 is 68.2. The topological polar surface area (TPSA) is 237 Å². The molecular weight excluding hydrogens is 1170 g/mol. The molecule has 4 unspecified atom stereocenters. The van der Waals surface area contributed by atoms with E-state index in [0.29, 0.717) is 25.7 Å². The normalized spacial score (nSPS) is 14.8. The molecule has 0 spiro atoms. The Kier molecular flexibility index (Phi) is 59.6. The monoisotopic (exact) mass is 1310 g/mol. The van der Waals surface area contributed by atoms with E-state index in [0.717, 1.165) is 120 Å². The lowest BCUT2D eigenvalue weighted by Gasteiger charge is -2.21. The van der Waals surface area contributed by atoms with Gasteiger partial charge in [0.05, 0.1) is 26.4 Å². The highest BCUT2D eigenvalue weighted by Gasteiger charge is 2.30. The minimum atomic E-state index is -4.95. The Morgan fingerprint density at radius 3 is 0.854 bits per heavy atom. The summed E-state index contributed by atoms with van der Waals surface area (Å²) in [5.74, 6) is 0.235. The summed E-state index contributed by atoms with van der Waals surface area (Å²) in [6, 6.07) is 0. The molecule has 0 amide bonds. The number of ether oxygens (including phenoxy) is 4. The zero-order valence-corrected chi connectivity index (χ0v) is 59.7. The zero-order valence-electron chi connectivity index (χ0n) is 57.9. The maximum Gasteiger partial charge on any atom is 0.472 e. The first kappa shape index (κ1) is 87.1. The van der Waals surface area contributed by atoms with Crippen LogP contribution in [0, 0.1) is 17.8 Å². The average molecular weight is 1310 g/mol. The molecule has 0 heterocycles. The van der Waals surface area contributed by atoms with Crippen LogP contribution in [0.5, 0.6) is 0 Å². The first-order chi connectivity index (χ1) is 42.8. The quantitative estimate of drug-likeness (QED) is 0.0222. The van der Waals surface area contributed by atoms with Gasteiger partial charge >= 0.3 is 39.5 Å². The molecule has 0 fully saturated rings. The third kappa shape index (κ3) is 62.0. The van der Waals surface area contributed by atoms with E-state index < -0.39 is 97.5 Å². The van der Waals surface area contributed by atoms with E-state index in [9.17, 15) is 43.2 Å². The van der Waals surface area contributed by atoms with Crippen molar-refractivity contribution in [3.05, 3.63) is 0 Å². The van der Waals surface area contributed by atoms with Crippen molar-refractivity contribution in [2.24, 2.45) is 17.8 Å². The molecule has 0 aliphatic heterocycles. The van der Waals surface area contributed by atoms with E-state index in [1.165, 1.54) is 148 Å². The van der Waals surface area contributed by atoms with Crippen molar-refractivity contribution in [2.45, 2.75) is 369 Å². The maximum atomic E-state index is 13.0. The fourth-order valence-electron chi connectivity index (χ4n) is 10.5. The van der Waals surface area contributed by atoms with Gasteiger partial charge in [0.15, 0.2) is 12.2 Å². The van der Waals surface area contributed by atoms with Crippen LogP contribution in [-0.2, 0) is 65.4 Å². The van der Waals surface area contributed by atoms with Gasteiger partial charge in [0, 0.05) is 25.7 Å². The van der Waals surface area contributed by atoms with E-state index in [2.05, 4.69) is 48.5 Å². The van der Waals surface area contributed by atoms with E-state index in [1.807, 2.05) is 0 Å². The Hall–Kier alpha value is -1.94. The maximum absolute atomic E-state index is 13.0. The Labute approximate surface area is 543 Å². The van der Waals surface area contributed by atoms with Crippen LogP contribution in [0.2, 0.25) is 0 Å². The summed E-state index contributed by atoms with van der Waals surface area (Å²) in [6.07, 6.45) is 44.4. The molecule has 0 bridgehead atoms. The lowest BCUT2D eigenvalue weighted by atomic mass is 9.99. The van der Waals surface area contributed by atoms with Gasteiger partial charge in [-0.2, -0.15) is 0 Å². The molecule has 0 radical (unpaired) electrons. The smallest absolute Gasteiger partial charge is 0.462 e. The van der Waals surface area contributed by atoms with Crippen LogP contribution in [0.15, 0.2) is 0 Å². The van der Waals surface area contributed by atoms with Gasteiger partial charge < -0.3 is 33.8 Å². The molecule has 17 nitrogen and oxygen atoms in total. The minimum Gasteiger partial charge on any atom is -0.462 e. The second-order valence-electron chi connectivity index (χ2n) is 26.2. The molecule has 0 aliphatic carbocycles. The first-order valence-electron chi connectivity index (χ1n) is 36.4. The highest BCUT2D eigenvalue weighted by atomic mass is 31.2. The predicted octanol–water partition coefficient (Wildman–Crippen LogP) is 19.8. The van der Waals surface area contributed by atoms with E-state index in [1.54, 1.807) is 0 Å². The van der Waals surface area contributed by atoms with Crippen molar-refractivity contribution in [1.82, 2.24) is 0 Å². The number of hydrogen-bond acceptors (Lipinski definition) is 15. The summed E-state index contributed by atoms with van der Waals surface area (Å²) in [5.41, 5.74) is 0. The molecule has 3 N–H and O–H groups in total. The van der Waals surface area contributed by atoms with Crippen LogP contribution >= 0.6 is 15.6 Å². The van der Waals surface area contributed by atoms with Gasteiger partial charge in [0.2, 0.25) is 0 Å². The van der Waals surface area contributed by atoms with Gasteiger partial charge in [0.1, 0.15) is 19.3 Å². The van der Waals surface area contributed by atoms with Gasteiger partial charge in [-0.1, -0.05) is 299 Å². The summed E-state index contributed by atoms with van der Waals surface area (Å²) in [5, 5.41) is 10.6. The molecule has 7 atom stereocenters. The van der Waals surface area contributed by atoms with Crippen LogP contribution in [0.4, 0.5) is 0 Å². The third-order valence-electron chi connectivity index (χ3n) is 16.9. The Morgan fingerprint density at radius 2 is 0.573 bits per heavy atom. The number of unbranched alkanes of at least 4 members (excludes halogenated alkanes) is 34. The molecule has 0 saturated heterocycles. The van der Waals surface area contributed by atoms with Gasteiger partial charge in [-0.05, 0) is 43.4 Å². The van der Waals surface area contributed by atoms with Gasteiger partial charge in [0.25, 0.3) is 0 Å². The number of carbonyl (C=O) groups is 4. The number of rotatable bonds is 68. The zero-order chi connectivity index (χ0) is 65.9. The number of phosphoric ester groups is 2. The molecule has 0 aromatic heterocycles. The number of esters is 4. The minimum absolute atomic E-state index is 0.104. The van der Waals surface area contributed by atoms with Gasteiger partial charge in [-0.15, -0.1) is 0 Å². The standard InChI is InChI=1S/C70H136O17P2/c1-8-11-12-13-27-37-44-51-67(72)80-57-65(87-70(75)54-47-40-33-26-25-30-36-43-50-63(7)10-3)59-84-88(76,77)82-55-64(71)56-83-89(78,79)85-60-66(58-81-68(73)52-45-38-31-23-20-19-22-29-35-42-49-62(6)9-2)86-69(74)53-46-39-32-24-18-16-14-15-17-21-28-34-41-48-61(4)5/h61-66,71H,8-60H2,1-7H3,(H,76,77)(H,78,79)/t62?,63?,64-,65+,66+/m0/s1. The summed E-state index contributed by atoms with van der Waals surface area (Å²) in [6.45, 7) is 11.9. The largest absolute Gasteiger partial charge is 0.472 e. The number of phosphoric acid groups is 2. The molecule has 0 aliphatic rings. The molecule has 89 heavy (non-hydrogen) atoms. The fourth-order valence-corrected chi connectivity index (χ4v) is 12.1. The number of aliphatic hydroxyl groups is 1. The predicted molar refractivity (Wildman–Crippen MR) is 358 cm³/mol. The molecule has 0 aromatic rings. The van der Waals surface area contributed by atoms with Crippen molar-refractivity contribution < 1.29 is 80.2 Å². The summed E-state index contributed by atoms with van der Waals surface area (Å²) in [4.78, 5) is 72.4. The second kappa shape index (κ2) is 61.0. The van der Waals surface area contributed by atoms with E-state index >= 15 is 0 Å². The Bertz CT molecular complexity index is 1750. The van der Waals surface area contributed by atoms with Crippen molar-refractivity contribution in [3.63, 3.8) is 0 Å². The molecule has 19 heteroatoms. The first-order valence-corrected chi connectivity index (χ1v) is 39.4. The van der Waals surface area contributed by atoms with Crippen molar-refractivity contribution in [3.8, 4) is 0 Å².